The van der Waals surface area contributed by atoms with E-state index in [1.807, 2.05) is 22.9 Å². The summed E-state index contributed by atoms with van der Waals surface area (Å²) < 4.78 is 1.97. The van der Waals surface area contributed by atoms with Gasteiger partial charge in [-0.25, -0.2) is 4.98 Å². The van der Waals surface area contributed by atoms with Gasteiger partial charge in [-0.15, -0.1) is 0 Å². The van der Waals surface area contributed by atoms with Crippen molar-refractivity contribution in [3.63, 3.8) is 0 Å². The number of nitriles is 1. The average Bonchev–Trinajstić information content (AvgIpc) is 2.98. The molecule has 0 spiro atoms. The molecule has 0 amide bonds. The highest BCUT2D eigenvalue weighted by Crippen LogP contribution is 2.10. The van der Waals surface area contributed by atoms with Gasteiger partial charge in [0.05, 0.1) is 23.6 Å². The number of fused-ring (bicyclic) bond motifs is 1. The lowest BCUT2D eigenvalue weighted by molar-refractivity contribution is 0.0821. The van der Waals surface area contributed by atoms with E-state index < -0.39 is 0 Å². The van der Waals surface area contributed by atoms with Crippen LogP contribution < -0.4 is 5.32 Å². The third-order valence-electron chi connectivity index (χ3n) is 4.40. The molecule has 1 saturated heterocycles. The summed E-state index contributed by atoms with van der Waals surface area (Å²) in [5.74, 6) is 0. The Balaban J connectivity index is 1.43. The van der Waals surface area contributed by atoms with Crippen molar-refractivity contribution in [3.8, 4) is 6.07 Å². The Labute approximate surface area is 136 Å². The number of likely N-dealkylation sites (tertiary alicyclic amines) is 1. The van der Waals surface area contributed by atoms with Crippen molar-refractivity contribution in [2.75, 3.05) is 26.2 Å². The van der Waals surface area contributed by atoms with Gasteiger partial charge in [-0.05, 0) is 44.5 Å². The van der Waals surface area contributed by atoms with Crippen LogP contribution in [-0.4, -0.2) is 51.7 Å². The Bertz CT molecular complexity index is 682. The zero-order valence-electron chi connectivity index (χ0n) is 13.3. The molecule has 0 aliphatic carbocycles. The summed E-state index contributed by atoms with van der Waals surface area (Å²) in [6.07, 6.45) is 6.48. The van der Waals surface area contributed by atoms with Crippen molar-refractivity contribution in [3.05, 3.63) is 35.8 Å². The van der Waals surface area contributed by atoms with Gasteiger partial charge in [0.1, 0.15) is 11.7 Å². The molecule has 122 valence electrons. The zero-order valence-corrected chi connectivity index (χ0v) is 13.3. The van der Waals surface area contributed by atoms with E-state index in [1.165, 1.54) is 0 Å². The molecule has 1 aliphatic rings. The van der Waals surface area contributed by atoms with Crippen LogP contribution in [0.15, 0.2) is 24.5 Å². The maximum absolute atomic E-state index is 9.50. The minimum Gasteiger partial charge on any atom is -0.393 e. The second-order valence-electron chi connectivity index (χ2n) is 6.11. The highest BCUT2D eigenvalue weighted by atomic mass is 16.3. The molecule has 1 fully saturated rings. The molecule has 2 aromatic rings. The van der Waals surface area contributed by atoms with Gasteiger partial charge >= 0.3 is 0 Å². The molecule has 2 aromatic heterocycles. The van der Waals surface area contributed by atoms with E-state index in [2.05, 4.69) is 21.3 Å². The van der Waals surface area contributed by atoms with E-state index >= 15 is 0 Å². The molecular formula is C17H23N5O. The van der Waals surface area contributed by atoms with Crippen LogP contribution in [0.4, 0.5) is 0 Å². The number of aromatic nitrogens is 2. The number of pyridine rings is 1. The predicted octanol–water partition coefficient (Wildman–Crippen LogP) is 1.14. The van der Waals surface area contributed by atoms with Crippen LogP contribution >= 0.6 is 0 Å². The second-order valence-corrected chi connectivity index (χ2v) is 6.11. The summed E-state index contributed by atoms with van der Waals surface area (Å²) in [6.45, 7) is 4.78. The fourth-order valence-corrected chi connectivity index (χ4v) is 3.02. The van der Waals surface area contributed by atoms with Gasteiger partial charge in [0.2, 0.25) is 0 Å². The summed E-state index contributed by atoms with van der Waals surface area (Å²) in [6, 6.07) is 5.81. The number of imidazole rings is 1. The fraction of sp³-hybridized carbons (Fsp3) is 0.529. The highest BCUT2D eigenvalue weighted by Gasteiger charge is 2.15. The molecule has 2 N–H and O–H groups in total. The molecule has 0 unspecified atom stereocenters. The van der Waals surface area contributed by atoms with Gasteiger partial charge in [0, 0.05) is 25.8 Å². The number of piperidine rings is 1. The molecule has 0 aromatic carbocycles. The smallest absolute Gasteiger partial charge is 0.137 e. The Morgan fingerprint density at radius 2 is 2.17 bits per heavy atom. The molecule has 0 radical (unpaired) electrons. The van der Waals surface area contributed by atoms with Gasteiger partial charge in [0.15, 0.2) is 0 Å². The van der Waals surface area contributed by atoms with Crippen molar-refractivity contribution in [2.24, 2.45) is 0 Å². The first-order chi connectivity index (χ1) is 11.3. The SMILES string of the molecule is N#Cc1ccc2ncc(CNCCCN3CCC(O)CC3)n2c1. The van der Waals surface area contributed by atoms with Crippen LogP contribution in [0.2, 0.25) is 0 Å². The fourth-order valence-electron chi connectivity index (χ4n) is 3.02. The Morgan fingerprint density at radius 3 is 2.96 bits per heavy atom. The maximum Gasteiger partial charge on any atom is 0.137 e. The number of nitrogens with zero attached hydrogens (tertiary/aromatic N) is 4. The molecule has 0 atom stereocenters. The van der Waals surface area contributed by atoms with Crippen LogP contribution in [0, 0.1) is 11.3 Å². The Kier molecular flexibility index (Phi) is 5.23. The summed E-state index contributed by atoms with van der Waals surface area (Å²) in [5, 5.41) is 21.9. The lowest BCUT2D eigenvalue weighted by Gasteiger charge is -2.29. The molecule has 0 bridgehead atoms. The molecule has 1 aliphatic heterocycles. The molecule has 23 heavy (non-hydrogen) atoms. The number of hydrogen-bond acceptors (Lipinski definition) is 5. The maximum atomic E-state index is 9.50. The van der Waals surface area contributed by atoms with Crippen molar-refractivity contribution < 1.29 is 5.11 Å². The minimum atomic E-state index is -0.0992. The lowest BCUT2D eigenvalue weighted by atomic mass is 10.1. The predicted molar refractivity (Wildman–Crippen MR) is 87.9 cm³/mol. The minimum absolute atomic E-state index is 0.0992. The van der Waals surface area contributed by atoms with Gasteiger partial charge in [-0.2, -0.15) is 5.26 Å². The number of rotatable bonds is 6. The van der Waals surface area contributed by atoms with E-state index in [-0.39, 0.29) is 6.10 Å². The number of aliphatic hydroxyl groups excluding tert-OH is 1. The number of hydrogen-bond donors (Lipinski definition) is 2. The van der Waals surface area contributed by atoms with Crippen LogP contribution in [0.5, 0.6) is 0 Å². The van der Waals surface area contributed by atoms with E-state index in [4.69, 9.17) is 5.26 Å². The number of nitrogens with one attached hydrogen (secondary N) is 1. The van der Waals surface area contributed by atoms with Gasteiger partial charge < -0.3 is 19.7 Å². The Hall–Kier alpha value is -1.94. The average molecular weight is 313 g/mol. The first-order valence-corrected chi connectivity index (χ1v) is 8.23. The summed E-state index contributed by atoms with van der Waals surface area (Å²) in [5.41, 5.74) is 2.58. The highest BCUT2D eigenvalue weighted by molar-refractivity contribution is 5.44. The lowest BCUT2D eigenvalue weighted by Crippen LogP contribution is -2.37. The summed E-state index contributed by atoms with van der Waals surface area (Å²) in [4.78, 5) is 6.77. The van der Waals surface area contributed by atoms with Crippen molar-refractivity contribution in [2.45, 2.75) is 31.9 Å². The molecule has 6 heteroatoms. The summed E-state index contributed by atoms with van der Waals surface area (Å²) >= 11 is 0. The normalized spacial score (nSPS) is 16.7. The largest absolute Gasteiger partial charge is 0.393 e. The van der Waals surface area contributed by atoms with Gasteiger partial charge in [-0.1, -0.05) is 0 Å². The monoisotopic (exact) mass is 313 g/mol. The van der Waals surface area contributed by atoms with Gasteiger partial charge in [-0.3, -0.25) is 0 Å². The molecule has 0 saturated carbocycles. The van der Waals surface area contributed by atoms with E-state index in [0.29, 0.717) is 5.56 Å². The number of aliphatic hydroxyl groups is 1. The Morgan fingerprint density at radius 1 is 1.35 bits per heavy atom. The standard InChI is InChI=1S/C17H23N5O/c18-10-14-2-3-17-20-12-15(22(17)13-14)11-19-6-1-7-21-8-4-16(23)5-9-21/h2-3,12-13,16,19,23H,1,4-9,11H2. The van der Waals surface area contributed by atoms with Crippen LogP contribution in [0.3, 0.4) is 0 Å². The molecule has 6 nitrogen and oxygen atoms in total. The quantitative estimate of drug-likeness (QED) is 0.782. The molecular weight excluding hydrogens is 290 g/mol. The second kappa shape index (κ2) is 7.55. The van der Waals surface area contributed by atoms with Crippen molar-refractivity contribution >= 4 is 5.65 Å². The van der Waals surface area contributed by atoms with E-state index in [0.717, 1.165) is 63.3 Å². The van der Waals surface area contributed by atoms with Crippen LogP contribution in [-0.2, 0) is 6.54 Å². The zero-order chi connectivity index (χ0) is 16.1. The molecule has 3 rings (SSSR count). The van der Waals surface area contributed by atoms with Crippen molar-refractivity contribution in [1.82, 2.24) is 19.6 Å². The first kappa shape index (κ1) is 15.9. The van der Waals surface area contributed by atoms with Crippen LogP contribution in [0.25, 0.3) is 5.65 Å². The van der Waals surface area contributed by atoms with Gasteiger partial charge in [0.25, 0.3) is 0 Å². The molecule has 3 heterocycles. The van der Waals surface area contributed by atoms with E-state index in [1.54, 1.807) is 6.07 Å². The third-order valence-corrected chi connectivity index (χ3v) is 4.40. The first-order valence-electron chi connectivity index (χ1n) is 8.23. The van der Waals surface area contributed by atoms with E-state index in [9.17, 15) is 5.11 Å². The van der Waals surface area contributed by atoms with Crippen molar-refractivity contribution in [1.29, 1.82) is 5.26 Å². The topological polar surface area (TPSA) is 76.6 Å². The van der Waals surface area contributed by atoms with Crippen LogP contribution in [0.1, 0.15) is 30.5 Å². The summed E-state index contributed by atoms with van der Waals surface area (Å²) in [7, 11) is 0. The third kappa shape index (κ3) is 4.08.